The van der Waals surface area contributed by atoms with Gasteiger partial charge in [0.25, 0.3) is 5.91 Å². The molecule has 1 aliphatic carbocycles. The molecule has 98 valence electrons. The second-order valence-corrected chi connectivity index (χ2v) is 6.15. The molecule has 2 rings (SSSR count). The highest BCUT2D eigenvalue weighted by Gasteiger charge is 2.39. The normalized spacial score (nSPS) is 27.2. The number of benzene rings is 1. The highest BCUT2D eigenvalue weighted by Crippen LogP contribution is 2.37. The summed E-state index contributed by atoms with van der Waals surface area (Å²) in [5, 5.41) is 12.5. The van der Waals surface area contributed by atoms with Gasteiger partial charge in [-0.05, 0) is 37.1 Å². The Kier molecular flexibility index (Phi) is 4.07. The molecule has 0 spiro atoms. The number of amides is 1. The van der Waals surface area contributed by atoms with E-state index in [1.807, 2.05) is 19.1 Å². The van der Waals surface area contributed by atoms with Crippen LogP contribution >= 0.6 is 15.9 Å². The standard InChI is InChI=1S/C14H18BrNO2/c1-14(9-17)8-2-3-12(14)16-13(18)10-4-6-11(15)7-5-10/h4-7,12,17H,2-3,8-9H2,1H3,(H,16,18). The van der Waals surface area contributed by atoms with Gasteiger partial charge in [0, 0.05) is 21.5 Å². The maximum atomic E-state index is 12.1. The molecule has 1 aliphatic rings. The van der Waals surface area contributed by atoms with E-state index in [-0.39, 0.29) is 24.0 Å². The van der Waals surface area contributed by atoms with Crippen LogP contribution in [0.2, 0.25) is 0 Å². The topological polar surface area (TPSA) is 49.3 Å². The largest absolute Gasteiger partial charge is 0.396 e. The molecule has 0 radical (unpaired) electrons. The molecule has 2 atom stereocenters. The van der Waals surface area contributed by atoms with Gasteiger partial charge in [-0.25, -0.2) is 0 Å². The zero-order valence-electron chi connectivity index (χ0n) is 10.4. The van der Waals surface area contributed by atoms with Crippen LogP contribution in [-0.4, -0.2) is 23.7 Å². The van der Waals surface area contributed by atoms with Crippen molar-refractivity contribution in [3.8, 4) is 0 Å². The molecule has 0 aliphatic heterocycles. The summed E-state index contributed by atoms with van der Waals surface area (Å²) in [6.45, 7) is 2.16. The SMILES string of the molecule is CC1(CO)CCCC1NC(=O)c1ccc(Br)cc1. The van der Waals surface area contributed by atoms with Crippen LogP contribution in [-0.2, 0) is 0 Å². The Morgan fingerprint density at radius 1 is 1.50 bits per heavy atom. The lowest BCUT2D eigenvalue weighted by atomic mass is 9.85. The smallest absolute Gasteiger partial charge is 0.251 e. The third kappa shape index (κ3) is 2.75. The van der Waals surface area contributed by atoms with Crippen LogP contribution < -0.4 is 5.32 Å². The number of aliphatic hydroxyl groups excluding tert-OH is 1. The predicted octanol–water partition coefficient (Wildman–Crippen LogP) is 2.73. The summed E-state index contributed by atoms with van der Waals surface area (Å²) < 4.78 is 0.958. The monoisotopic (exact) mass is 311 g/mol. The Labute approximate surface area is 116 Å². The molecule has 2 N–H and O–H groups in total. The number of carbonyl (C=O) groups is 1. The summed E-state index contributed by atoms with van der Waals surface area (Å²) in [6.07, 6.45) is 2.97. The maximum absolute atomic E-state index is 12.1. The summed E-state index contributed by atoms with van der Waals surface area (Å²) in [5.41, 5.74) is 0.482. The number of hydrogen-bond donors (Lipinski definition) is 2. The first-order chi connectivity index (χ1) is 8.55. The molecule has 2 unspecified atom stereocenters. The molecule has 1 saturated carbocycles. The maximum Gasteiger partial charge on any atom is 0.251 e. The molecule has 1 amide bonds. The molecule has 0 bridgehead atoms. The van der Waals surface area contributed by atoms with Crippen molar-refractivity contribution in [2.75, 3.05) is 6.61 Å². The van der Waals surface area contributed by atoms with Gasteiger partial charge in [-0.15, -0.1) is 0 Å². The Bertz CT molecular complexity index is 432. The molecule has 18 heavy (non-hydrogen) atoms. The van der Waals surface area contributed by atoms with Crippen LogP contribution in [0.5, 0.6) is 0 Å². The van der Waals surface area contributed by atoms with Gasteiger partial charge < -0.3 is 10.4 Å². The first-order valence-electron chi connectivity index (χ1n) is 6.22. The molecule has 1 aromatic rings. The first-order valence-corrected chi connectivity index (χ1v) is 7.02. The minimum Gasteiger partial charge on any atom is -0.396 e. The van der Waals surface area contributed by atoms with Crippen molar-refractivity contribution in [2.45, 2.75) is 32.2 Å². The van der Waals surface area contributed by atoms with E-state index in [9.17, 15) is 9.90 Å². The summed E-state index contributed by atoms with van der Waals surface area (Å²) in [4.78, 5) is 12.1. The van der Waals surface area contributed by atoms with Crippen LogP contribution in [0.3, 0.4) is 0 Å². The van der Waals surface area contributed by atoms with Crippen LogP contribution in [0.4, 0.5) is 0 Å². The highest BCUT2D eigenvalue weighted by atomic mass is 79.9. The molecule has 3 nitrogen and oxygen atoms in total. The van der Waals surface area contributed by atoms with E-state index in [2.05, 4.69) is 21.2 Å². The van der Waals surface area contributed by atoms with Crippen molar-refractivity contribution in [1.29, 1.82) is 0 Å². The zero-order chi connectivity index (χ0) is 13.2. The predicted molar refractivity (Wildman–Crippen MR) is 74.4 cm³/mol. The first kappa shape index (κ1) is 13.6. The number of rotatable bonds is 3. The number of nitrogens with one attached hydrogen (secondary N) is 1. The molecule has 0 aromatic heterocycles. The van der Waals surface area contributed by atoms with Gasteiger partial charge >= 0.3 is 0 Å². The molecular weight excluding hydrogens is 294 g/mol. The minimum atomic E-state index is -0.176. The number of aliphatic hydroxyl groups is 1. The van der Waals surface area contributed by atoms with E-state index in [1.54, 1.807) is 12.1 Å². The average Bonchev–Trinajstić information content (AvgIpc) is 2.72. The van der Waals surface area contributed by atoms with Crippen molar-refractivity contribution < 1.29 is 9.90 Å². The average molecular weight is 312 g/mol. The highest BCUT2D eigenvalue weighted by molar-refractivity contribution is 9.10. The van der Waals surface area contributed by atoms with Gasteiger partial charge in [-0.3, -0.25) is 4.79 Å². The van der Waals surface area contributed by atoms with Gasteiger partial charge in [-0.1, -0.05) is 29.3 Å². The summed E-state index contributed by atoms with van der Waals surface area (Å²) in [7, 11) is 0. The van der Waals surface area contributed by atoms with Gasteiger partial charge in [0.05, 0.1) is 6.61 Å². The Balaban J connectivity index is 2.05. The van der Waals surface area contributed by atoms with E-state index < -0.39 is 0 Å². The fraction of sp³-hybridized carbons (Fsp3) is 0.500. The third-order valence-corrected chi connectivity index (χ3v) is 4.38. The fourth-order valence-electron chi connectivity index (χ4n) is 2.51. The molecule has 1 aromatic carbocycles. The molecule has 1 fully saturated rings. The van der Waals surface area contributed by atoms with E-state index in [1.165, 1.54) is 0 Å². The Morgan fingerprint density at radius 2 is 2.17 bits per heavy atom. The fourth-order valence-corrected chi connectivity index (χ4v) is 2.78. The Hall–Kier alpha value is -0.870. The minimum absolute atomic E-state index is 0.0610. The van der Waals surface area contributed by atoms with Gasteiger partial charge in [0.1, 0.15) is 0 Å². The van der Waals surface area contributed by atoms with Crippen LogP contribution in [0.1, 0.15) is 36.5 Å². The molecular formula is C14H18BrNO2. The molecule has 4 heteroatoms. The second-order valence-electron chi connectivity index (χ2n) is 5.24. The van der Waals surface area contributed by atoms with Gasteiger partial charge in [0.2, 0.25) is 0 Å². The lowest BCUT2D eigenvalue weighted by molar-refractivity contribution is 0.0830. The van der Waals surface area contributed by atoms with Crippen molar-refractivity contribution in [3.63, 3.8) is 0 Å². The lowest BCUT2D eigenvalue weighted by Crippen LogP contribution is -2.44. The van der Waals surface area contributed by atoms with E-state index in [0.29, 0.717) is 5.56 Å². The summed E-state index contributed by atoms with van der Waals surface area (Å²) >= 11 is 3.35. The summed E-state index contributed by atoms with van der Waals surface area (Å²) in [5.74, 6) is -0.0610. The van der Waals surface area contributed by atoms with Crippen LogP contribution in [0.25, 0.3) is 0 Å². The summed E-state index contributed by atoms with van der Waals surface area (Å²) in [6, 6.07) is 7.37. The molecule has 0 saturated heterocycles. The number of hydrogen-bond acceptors (Lipinski definition) is 2. The van der Waals surface area contributed by atoms with E-state index in [0.717, 1.165) is 23.7 Å². The van der Waals surface area contributed by atoms with E-state index in [4.69, 9.17) is 0 Å². The van der Waals surface area contributed by atoms with Gasteiger partial charge in [-0.2, -0.15) is 0 Å². The van der Waals surface area contributed by atoms with E-state index >= 15 is 0 Å². The van der Waals surface area contributed by atoms with Crippen molar-refractivity contribution in [3.05, 3.63) is 34.3 Å². The van der Waals surface area contributed by atoms with Crippen molar-refractivity contribution in [2.24, 2.45) is 5.41 Å². The quantitative estimate of drug-likeness (QED) is 0.901. The molecule has 0 heterocycles. The number of halogens is 1. The lowest BCUT2D eigenvalue weighted by Gasteiger charge is -2.30. The zero-order valence-corrected chi connectivity index (χ0v) is 12.0. The van der Waals surface area contributed by atoms with Crippen LogP contribution in [0, 0.1) is 5.41 Å². The Morgan fingerprint density at radius 3 is 2.78 bits per heavy atom. The third-order valence-electron chi connectivity index (χ3n) is 3.85. The van der Waals surface area contributed by atoms with Crippen molar-refractivity contribution >= 4 is 21.8 Å². The second kappa shape index (κ2) is 5.41. The van der Waals surface area contributed by atoms with Gasteiger partial charge in [0.15, 0.2) is 0 Å². The van der Waals surface area contributed by atoms with Crippen LogP contribution in [0.15, 0.2) is 28.7 Å². The number of carbonyl (C=O) groups excluding carboxylic acids is 1. The van der Waals surface area contributed by atoms with Crippen molar-refractivity contribution in [1.82, 2.24) is 5.32 Å².